The van der Waals surface area contributed by atoms with E-state index in [-0.39, 0.29) is 0 Å². The number of hydrogen-bond donors (Lipinski definition) is 0. The second-order valence-corrected chi connectivity index (χ2v) is 13.4. The normalized spacial score (nSPS) is 6.67. The van der Waals surface area contributed by atoms with Crippen LogP contribution >= 0.6 is 60.1 Å². The van der Waals surface area contributed by atoms with Crippen molar-refractivity contribution in [2.75, 3.05) is 0 Å². The van der Waals surface area contributed by atoms with Gasteiger partial charge in [0, 0.05) is 0 Å². The van der Waals surface area contributed by atoms with Gasteiger partial charge in [-0.3, -0.25) is 0 Å². The zero-order valence-corrected chi connectivity index (χ0v) is 15.7. The second-order valence-electron chi connectivity index (χ2n) is 0.286. The van der Waals surface area contributed by atoms with E-state index in [9.17, 15) is 0 Å². The van der Waals surface area contributed by atoms with Gasteiger partial charge >= 0.3 is 101 Å². The van der Waals surface area contributed by atoms with E-state index >= 15 is 0 Å². The van der Waals surface area contributed by atoms with Gasteiger partial charge in [0.25, 0.3) is 0 Å². The van der Waals surface area contributed by atoms with E-state index < -0.39 is 25.1 Å². The Hall–Kier alpha value is 3.37. The van der Waals surface area contributed by atoms with Crippen molar-refractivity contribution in [3.8, 4) is 0 Å². The Labute approximate surface area is 99.1 Å². The summed E-state index contributed by atoms with van der Waals surface area (Å²) in [5.74, 6) is 0. The van der Waals surface area contributed by atoms with Crippen molar-refractivity contribution in [1.29, 1.82) is 0 Å². The standard InChI is InChI=1S/Cl3Ge.Cl2Ge.ClGeH2/c1-4(2)3;1-3-2;1-2/h;;2H2. The van der Waals surface area contributed by atoms with Gasteiger partial charge in [-0.05, 0) is 0 Å². The third-order valence-corrected chi connectivity index (χ3v) is 0. The molecule has 9 heavy (non-hydrogen) atoms. The van der Waals surface area contributed by atoms with Crippen LogP contribution in [0.25, 0.3) is 0 Å². The van der Waals surface area contributed by atoms with Gasteiger partial charge in [-0.25, -0.2) is 0 Å². The van der Waals surface area contributed by atoms with Crippen LogP contribution in [0.1, 0.15) is 0 Å². The molecule has 4 radical (unpaired) electrons. The molecule has 0 fully saturated rings. The first-order chi connectivity index (χ1) is 4.15. The van der Waals surface area contributed by atoms with Crippen LogP contribution in [0.2, 0.25) is 0 Å². The van der Waals surface area contributed by atoms with Gasteiger partial charge in [0.1, 0.15) is 0 Å². The molecule has 0 spiro atoms. The first kappa shape index (κ1) is 18.2. The van der Waals surface area contributed by atoms with E-state index in [2.05, 4.69) is 0 Å². The van der Waals surface area contributed by atoms with Crippen molar-refractivity contribution in [2.24, 2.45) is 0 Å². The number of hydrogen-bond acceptors (Lipinski definition) is 0. The fourth-order valence-electron chi connectivity index (χ4n) is 0. The fourth-order valence-corrected chi connectivity index (χ4v) is 0. The average molecular weight is 433 g/mol. The van der Waals surface area contributed by atoms with Crippen LogP contribution in [0.5, 0.6) is 0 Å². The van der Waals surface area contributed by atoms with Crippen molar-refractivity contribution in [1.82, 2.24) is 0 Å². The van der Waals surface area contributed by atoms with Crippen molar-refractivity contribution < 1.29 is 0 Å². The summed E-state index contributed by atoms with van der Waals surface area (Å²) in [4.78, 5) is 0. The van der Waals surface area contributed by atoms with E-state index in [0.29, 0.717) is 0 Å². The average Bonchev–Trinajstić information content (AvgIpc) is 1.71. The monoisotopic (exact) mass is 434 g/mol. The van der Waals surface area contributed by atoms with Crippen LogP contribution < -0.4 is 0 Å². The summed E-state index contributed by atoms with van der Waals surface area (Å²) in [6.07, 6.45) is 0. The molecule has 0 N–H and O–H groups in total. The van der Waals surface area contributed by atoms with Crippen LogP contribution in [-0.2, 0) is 0 Å². The molecule has 0 aromatic rings. The van der Waals surface area contributed by atoms with Crippen molar-refractivity contribution in [3.63, 3.8) is 0 Å². The van der Waals surface area contributed by atoms with Gasteiger partial charge in [-0.1, -0.05) is 0 Å². The molecule has 0 saturated carbocycles. The Morgan fingerprint density at radius 2 is 1.00 bits per heavy atom. The zero-order chi connectivity index (χ0) is 8.28. The molecule has 0 aromatic carbocycles. The molecular formula is H2Cl6Ge3. The molecule has 0 heterocycles. The molecule has 0 saturated heterocycles. The minimum atomic E-state index is -1.92. The number of rotatable bonds is 0. The topological polar surface area (TPSA) is 0 Å². The molecule has 0 atom stereocenters. The molecule has 0 aromatic heterocycles. The molecule has 0 aliphatic rings. The molecule has 0 unspecified atom stereocenters. The predicted molar refractivity (Wildman–Crippen MR) is 55.2 cm³/mol. The fraction of sp³-hybridized carbons (Fsp3) is 0. The third-order valence-electron chi connectivity index (χ3n) is 0. The van der Waals surface area contributed by atoms with Gasteiger partial charge in [-0.2, -0.15) is 0 Å². The molecule has 0 rings (SSSR count). The summed E-state index contributed by atoms with van der Waals surface area (Å²) in [6.45, 7) is 0. The Morgan fingerprint density at radius 3 is 1.00 bits per heavy atom. The minimum absolute atomic E-state index is 0.556. The van der Waals surface area contributed by atoms with Crippen LogP contribution in [0.4, 0.5) is 0 Å². The molecule has 0 aliphatic carbocycles. The zero-order valence-electron chi connectivity index (χ0n) is 3.97. The Bertz CT molecular complexity index is 19.5. The van der Waals surface area contributed by atoms with Crippen molar-refractivity contribution >= 4 is 101 Å². The Morgan fingerprint density at radius 1 is 1.00 bits per heavy atom. The van der Waals surface area contributed by atoms with E-state index in [0.717, 1.165) is 15.6 Å². The predicted octanol–water partition coefficient (Wildman–Crippen LogP) is 2.46. The van der Waals surface area contributed by atoms with Gasteiger partial charge in [-0.15, -0.1) is 0 Å². The van der Waals surface area contributed by atoms with Gasteiger partial charge in [0.15, 0.2) is 0 Å². The second kappa shape index (κ2) is 22.5. The summed E-state index contributed by atoms with van der Waals surface area (Å²) in [7, 11) is 29.5. The molecule has 0 amide bonds. The van der Waals surface area contributed by atoms with Crippen LogP contribution in [0.15, 0.2) is 0 Å². The quantitative estimate of drug-likeness (QED) is 0.516. The molecule has 9 heteroatoms. The summed E-state index contributed by atoms with van der Waals surface area (Å²) in [5.41, 5.74) is 0. The first-order valence-corrected chi connectivity index (χ1v) is 18.9. The van der Waals surface area contributed by atoms with E-state index in [1.807, 2.05) is 0 Å². The first-order valence-electron chi connectivity index (χ1n) is 1.21. The molecule has 0 nitrogen and oxygen atoms in total. The van der Waals surface area contributed by atoms with Crippen molar-refractivity contribution in [2.45, 2.75) is 0 Å². The van der Waals surface area contributed by atoms with Gasteiger partial charge in [0.05, 0.1) is 0 Å². The third kappa shape index (κ3) is 87.9. The maximum atomic E-state index is 4.97. The van der Waals surface area contributed by atoms with E-state index in [1.54, 1.807) is 0 Å². The SMILES string of the molecule is [Cl][GeH2].[Cl][Ge]([Cl])[Cl].[Cl][Ge][Cl]. The van der Waals surface area contributed by atoms with E-state index in [4.69, 9.17) is 60.1 Å². The maximum absolute atomic E-state index is 4.97. The Kier molecular flexibility index (Phi) is 45.6. The number of halogens is 6. The molecule has 0 aliphatic heterocycles. The molecule has 0 bridgehead atoms. The van der Waals surface area contributed by atoms with Crippen LogP contribution in [-0.4, -0.2) is 40.7 Å². The van der Waals surface area contributed by atoms with Crippen LogP contribution in [0, 0.1) is 0 Å². The summed E-state index contributed by atoms with van der Waals surface area (Å²) < 4.78 is 0. The molecule has 56 valence electrons. The van der Waals surface area contributed by atoms with Gasteiger partial charge in [0.2, 0.25) is 0 Å². The Balaban J connectivity index is -0.0000000646. The summed E-state index contributed by atoms with van der Waals surface area (Å²) >= 11 is -1.62. The van der Waals surface area contributed by atoms with Crippen molar-refractivity contribution in [3.05, 3.63) is 0 Å². The van der Waals surface area contributed by atoms with Crippen LogP contribution in [0.3, 0.4) is 0 Å². The molecular weight excluding hydrogens is 431 g/mol. The summed E-state index contributed by atoms with van der Waals surface area (Å²) in [6, 6.07) is 0. The van der Waals surface area contributed by atoms with E-state index in [1.165, 1.54) is 0 Å². The summed E-state index contributed by atoms with van der Waals surface area (Å²) in [5, 5.41) is 0. The van der Waals surface area contributed by atoms with Gasteiger partial charge < -0.3 is 0 Å².